The van der Waals surface area contributed by atoms with Crippen LogP contribution < -0.4 is 5.32 Å². The second-order valence-corrected chi connectivity index (χ2v) is 6.41. The largest absolute Gasteiger partial charge is 0.471 e. The van der Waals surface area contributed by atoms with Crippen LogP contribution in [0.15, 0.2) is 40.8 Å². The zero-order valence-electron chi connectivity index (χ0n) is 11.9. The minimum atomic E-state index is -5.01. The van der Waals surface area contributed by atoms with Gasteiger partial charge < -0.3 is 9.72 Å². The molecule has 25 heavy (non-hydrogen) atoms. The Hall–Kier alpha value is -2.04. The van der Waals surface area contributed by atoms with Crippen molar-refractivity contribution >= 4 is 52.3 Å². The second kappa shape index (κ2) is 6.70. The number of aromatic nitrogens is 4. The molecule has 3 aromatic rings. The Morgan fingerprint density at radius 3 is 2.64 bits per heavy atom. The third-order valence-corrected chi connectivity index (χ3v) is 4.50. The molecule has 3 rings (SSSR count). The number of anilines is 1. The number of nitrogens with zero attached hydrogens (tertiary/aromatic N) is 4. The highest BCUT2D eigenvalue weighted by molar-refractivity contribution is 7.99. The van der Waals surface area contributed by atoms with E-state index in [1.54, 1.807) is 17.6 Å². The molecule has 0 atom stereocenters. The third kappa shape index (κ3) is 3.97. The predicted molar refractivity (Wildman–Crippen MR) is 86.1 cm³/mol. The van der Waals surface area contributed by atoms with Gasteiger partial charge in [-0.25, -0.2) is 15.0 Å². The number of nitrogens with one attached hydrogen (secondary N) is 1. The second-order valence-electron chi connectivity index (χ2n) is 4.58. The predicted octanol–water partition coefficient (Wildman–Crippen LogP) is 4.08. The maximum Gasteiger partial charge on any atom is 0.471 e. The summed E-state index contributed by atoms with van der Waals surface area (Å²) >= 11 is 13.1. The number of hydrogen-bond donors (Lipinski definition) is 1. The van der Waals surface area contributed by atoms with Gasteiger partial charge in [0.25, 0.3) is 0 Å². The Labute approximate surface area is 152 Å². The molecular formula is C13H6Cl2F3N5OS. The number of imidazole rings is 1. The van der Waals surface area contributed by atoms with E-state index in [0.717, 1.165) is 0 Å². The van der Waals surface area contributed by atoms with E-state index in [9.17, 15) is 18.0 Å². The van der Waals surface area contributed by atoms with Gasteiger partial charge in [-0.1, -0.05) is 35.0 Å². The molecule has 0 bridgehead atoms. The van der Waals surface area contributed by atoms with E-state index in [4.69, 9.17) is 23.2 Å². The first kappa shape index (κ1) is 17.8. The maximum atomic E-state index is 12.3. The first-order chi connectivity index (χ1) is 11.7. The third-order valence-electron chi connectivity index (χ3n) is 2.84. The van der Waals surface area contributed by atoms with Crippen LogP contribution in [0.2, 0.25) is 10.2 Å². The first-order valence-corrected chi connectivity index (χ1v) is 8.02. The highest BCUT2D eigenvalue weighted by Crippen LogP contribution is 2.34. The van der Waals surface area contributed by atoms with Gasteiger partial charge in [-0.15, -0.1) is 0 Å². The summed E-state index contributed by atoms with van der Waals surface area (Å²) in [7, 11) is 0. The number of fused-ring (bicyclic) bond motifs is 1. The maximum absolute atomic E-state index is 12.3. The van der Waals surface area contributed by atoms with Crippen molar-refractivity contribution in [3.8, 4) is 0 Å². The van der Waals surface area contributed by atoms with E-state index in [1.165, 1.54) is 34.8 Å². The minimum absolute atomic E-state index is 0.186. The van der Waals surface area contributed by atoms with Crippen molar-refractivity contribution in [3.05, 3.63) is 41.0 Å². The monoisotopic (exact) mass is 407 g/mol. The van der Waals surface area contributed by atoms with Gasteiger partial charge in [-0.2, -0.15) is 13.2 Å². The average Bonchev–Trinajstić information content (AvgIpc) is 2.95. The molecule has 130 valence electrons. The zero-order valence-corrected chi connectivity index (χ0v) is 14.2. The Morgan fingerprint density at radius 2 is 2.00 bits per heavy atom. The Bertz CT molecular complexity index is 945. The van der Waals surface area contributed by atoms with Crippen molar-refractivity contribution in [1.29, 1.82) is 0 Å². The summed E-state index contributed by atoms with van der Waals surface area (Å²) in [6, 6.07) is 1.63. The summed E-state index contributed by atoms with van der Waals surface area (Å²) in [5.74, 6) is -2.38. The summed E-state index contributed by atoms with van der Waals surface area (Å²) in [6.45, 7) is 0. The standard InChI is InChI=1S/C13H6Cl2F3N5OS/c14-7-3-20-9(4-19-7)25-6-1-2-23-5-8(21-11(23)10(6)15)22-12(24)13(16,17)18/h1-5H,(H,22,24). The molecule has 1 amide bonds. The van der Waals surface area contributed by atoms with E-state index in [0.29, 0.717) is 9.92 Å². The van der Waals surface area contributed by atoms with Crippen molar-refractivity contribution in [2.75, 3.05) is 5.32 Å². The summed E-state index contributed by atoms with van der Waals surface area (Å²) < 4.78 is 38.3. The fraction of sp³-hybridized carbons (Fsp3) is 0.0769. The van der Waals surface area contributed by atoms with Crippen LogP contribution in [-0.2, 0) is 4.79 Å². The molecule has 3 aromatic heterocycles. The quantitative estimate of drug-likeness (QED) is 0.707. The number of hydrogen-bond acceptors (Lipinski definition) is 5. The van der Waals surface area contributed by atoms with Crippen molar-refractivity contribution in [1.82, 2.24) is 19.4 Å². The Morgan fingerprint density at radius 1 is 1.24 bits per heavy atom. The number of rotatable bonds is 3. The van der Waals surface area contributed by atoms with Gasteiger partial charge in [-0.05, 0) is 6.07 Å². The van der Waals surface area contributed by atoms with Crippen LogP contribution in [0.1, 0.15) is 0 Å². The topological polar surface area (TPSA) is 72.2 Å². The molecule has 0 unspecified atom stereocenters. The van der Waals surface area contributed by atoms with E-state index >= 15 is 0 Å². The van der Waals surface area contributed by atoms with Gasteiger partial charge in [0.1, 0.15) is 10.2 Å². The lowest BCUT2D eigenvalue weighted by molar-refractivity contribution is -0.167. The Balaban J connectivity index is 1.89. The average molecular weight is 408 g/mol. The van der Waals surface area contributed by atoms with Crippen molar-refractivity contribution in [3.63, 3.8) is 0 Å². The lowest BCUT2D eigenvalue weighted by Crippen LogP contribution is -2.30. The van der Waals surface area contributed by atoms with Gasteiger partial charge in [0.15, 0.2) is 11.5 Å². The number of pyridine rings is 1. The van der Waals surface area contributed by atoms with E-state index < -0.39 is 12.1 Å². The van der Waals surface area contributed by atoms with Crippen LogP contribution in [0.5, 0.6) is 0 Å². The smallest absolute Gasteiger partial charge is 0.304 e. The van der Waals surface area contributed by atoms with Gasteiger partial charge in [0, 0.05) is 11.1 Å². The molecule has 0 saturated heterocycles. The van der Waals surface area contributed by atoms with Gasteiger partial charge in [0.05, 0.1) is 23.6 Å². The summed E-state index contributed by atoms with van der Waals surface area (Å²) in [6.07, 6.45) is 0.586. The number of halogens is 5. The van der Waals surface area contributed by atoms with Gasteiger partial charge >= 0.3 is 12.1 Å². The van der Waals surface area contributed by atoms with Crippen LogP contribution in [0.25, 0.3) is 5.65 Å². The minimum Gasteiger partial charge on any atom is -0.304 e. The van der Waals surface area contributed by atoms with Crippen molar-refractivity contribution in [2.45, 2.75) is 16.1 Å². The van der Waals surface area contributed by atoms with E-state index in [1.807, 2.05) is 0 Å². The molecule has 0 aliphatic heterocycles. The summed E-state index contributed by atoms with van der Waals surface area (Å²) in [5.41, 5.74) is 0.186. The molecule has 1 N–H and O–H groups in total. The van der Waals surface area contributed by atoms with Crippen LogP contribution in [0, 0.1) is 0 Å². The molecule has 0 aliphatic carbocycles. The molecule has 3 heterocycles. The Kier molecular flexibility index (Phi) is 4.76. The van der Waals surface area contributed by atoms with Crippen LogP contribution >= 0.6 is 35.0 Å². The number of carbonyl (C=O) groups excluding carboxylic acids is 1. The van der Waals surface area contributed by atoms with E-state index in [-0.39, 0.29) is 21.6 Å². The van der Waals surface area contributed by atoms with Gasteiger partial charge in [-0.3, -0.25) is 4.79 Å². The van der Waals surface area contributed by atoms with Crippen molar-refractivity contribution < 1.29 is 18.0 Å². The molecular weight excluding hydrogens is 402 g/mol. The molecule has 0 spiro atoms. The number of alkyl halides is 3. The van der Waals surface area contributed by atoms with Gasteiger partial charge in [0.2, 0.25) is 0 Å². The summed E-state index contributed by atoms with van der Waals surface area (Å²) in [5, 5.41) is 2.63. The summed E-state index contributed by atoms with van der Waals surface area (Å²) in [4.78, 5) is 23.4. The van der Waals surface area contributed by atoms with Crippen LogP contribution in [0.3, 0.4) is 0 Å². The molecule has 0 saturated carbocycles. The first-order valence-electron chi connectivity index (χ1n) is 6.45. The molecule has 12 heteroatoms. The molecule has 0 aromatic carbocycles. The zero-order chi connectivity index (χ0) is 18.2. The normalized spacial score (nSPS) is 11.7. The lowest BCUT2D eigenvalue weighted by Gasteiger charge is -2.04. The number of carbonyl (C=O) groups is 1. The molecule has 0 fully saturated rings. The number of amides is 1. The van der Waals surface area contributed by atoms with E-state index in [2.05, 4.69) is 15.0 Å². The lowest BCUT2D eigenvalue weighted by atomic mass is 10.5. The van der Waals surface area contributed by atoms with Crippen LogP contribution in [-0.4, -0.2) is 31.4 Å². The highest BCUT2D eigenvalue weighted by Gasteiger charge is 2.39. The van der Waals surface area contributed by atoms with Crippen molar-refractivity contribution in [2.24, 2.45) is 0 Å². The van der Waals surface area contributed by atoms with Crippen LogP contribution in [0.4, 0.5) is 19.0 Å². The fourth-order valence-corrected chi connectivity index (χ4v) is 2.96. The molecule has 0 aliphatic rings. The molecule has 6 nitrogen and oxygen atoms in total. The fourth-order valence-electron chi connectivity index (χ4n) is 1.79. The SMILES string of the molecule is O=C(Nc1cn2ccc(Sc3cnc(Cl)cn3)c(Cl)c2n1)C(F)(F)F. The highest BCUT2D eigenvalue weighted by atomic mass is 35.5. The molecule has 0 radical (unpaired) electrons.